The molecule has 0 saturated heterocycles. The van der Waals surface area contributed by atoms with E-state index in [1.165, 1.54) is 12.2 Å². The number of carboxylic acids is 1. The molecule has 0 aliphatic heterocycles. The molecule has 86 valence electrons. The van der Waals surface area contributed by atoms with Crippen LogP contribution in [-0.2, 0) is 14.3 Å². The van der Waals surface area contributed by atoms with Crippen molar-refractivity contribution in [3.8, 4) is 0 Å². The molecule has 0 aromatic carbocycles. The number of aliphatic carboxylic acids is 1. The Hall–Kier alpha value is -1.36. The Morgan fingerprint density at radius 1 is 1.47 bits per heavy atom. The minimum atomic E-state index is -0.970. The van der Waals surface area contributed by atoms with Crippen molar-refractivity contribution in [2.45, 2.75) is 38.8 Å². The molecule has 0 amide bonds. The smallest absolute Gasteiger partial charge is 0.327 e. The summed E-state index contributed by atoms with van der Waals surface area (Å²) in [4.78, 5) is 21.5. The molecular weight excluding hydrogens is 198 g/mol. The molecule has 5 nitrogen and oxygen atoms in total. The van der Waals surface area contributed by atoms with E-state index in [-0.39, 0.29) is 6.42 Å². The second-order valence-electron chi connectivity index (χ2n) is 4.09. The molecule has 0 rings (SSSR count). The molecule has 1 atom stereocenters. The Kier molecular flexibility index (Phi) is 5.00. The van der Waals surface area contributed by atoms with Crippen LogP contribution < -0.4 is 5.73 Å². The first-order chi connectivity index (χ1) is 6.72. The summed E-state index contributed by atoms with van der Waals surface area (Å²) in [6.07, 6.45) is 2.50. The number of esters is 1. The summed E-state index contributed by atoms with van der Waals surface area (Å²) < 4.78 is 4.99. The van der Waals surface area contributed by atoms with Gasteiger partial charge in [-0.05, 0) is 20.8 Å². The van der Waals surface area contributed by atoms with Crippen molar-refractivity contribution in [3.63, 3.8) is 0 Å². The Labute approximate surface area is 88.9 Å². The molecule has 3 N–H and O–H groups in total. The van der Waals surface area contributed by atoms with Gasteiger partial charge >= 0.3 is 11.9 Å². The summed E-state index contributed by atoms with van der Waals surface area (Å²) in [5.41, 5.74) is 4.87. The lowest BCUT2D eigenvalue weighted by Crippen LogP contribution is -2.35. The van der Waals surface area contributed by atoms with Crippen molar-refractivity contribution >= 4 is 11.9 Å². The molecular formula is C10H17NO4. The predicted octanol–water partition coefficient (Wildman–Crippen LogP) is 0.686. The van der Waals surface area contributed by atoms with Crippen LogP contribution in [0.1, 0.15) is 27.2 Å². The maximum atomic E-state index is 11.3. The van der Waals surface area contributed by atoms with Crippen LogP contribution in [0.15, 0.2) is 12.2 Å². The Bertz CT molecular complexity index is 265. The Balaban J connectivity index is 4.10. The number of rotatable bonds is 4. The van der Waals surface area contributed by atoms with Gasteiger partial charge < -0.3 is 15.6 Å². The summed E-state index contributed by atoms with van der Waals surface area (Å²) in [6, 6.07) is -0.913. The predicted molar refractivity (Wildman–Crippen MR) is 55.2 cm³/mol. The molecule has 0 aliphatic rings. The monoisotopic (exact) mass is 215 g/mol. The van der Waals surface area contributed by atoms with E-state index < -0.39 is 23.6 Å². The topological polar surface area (TPSA) is 89.6 Å². The quantitative estimate of drug-likeness (QED) is 0.532. The van der Waals surface area contributed by atoms with Crippen LogP contribution in [0.2, 0.25) is 0 Å². The van der Waals surface area contributed by atoms with E-state index in [1.54, 1.807) is 20.8 Å². The molecule has 0 aromatic heterocycles. The van der Waals surface area contributed by atoms with Gasteiger partial charge in [-0.25, -0.2) is 4.79 Å². The largest absolute Gasteiger partial charge is 0.481 e. The van der Waals surface area contributed by atoms with Crippen molar-refractivity contribution in [3.05, 3.63) is 12.2 Å². The highest BCUT2D eigenvalue weighted by molar-refractivity contribution is 5.78. The zero-order valence-electron chi connectivity index (χ0n) is 9.19. The number of carboxylic acid groups (broad SMARTS) is 1. The van der Waals surface area contributed by atoms with Gasteiger partial charge in [0.25, 0.3) is 0 Å². The molecule has 0 heterocycles. The van der Waals surface area contributed by atoms with Gasteiger partial charge in [0.1, 0.15) is 11.6 Å². The number of ether oxygens (including phenoxy) is 1. The van der Waals surface area contributed by atoms with E-state index in [0.29, 0.717) is 0 Å². The van der Waals surface area contributed by atoms with Crippen LogP contribution >= 0.6 is 0 Å². The molecule has 0 saturated carbocycles. The molecule has 0 radical (unpaired) electrons. The van der Waals surface area contributed by atoms with Gasteiger partial charge in [-0.3, -0.25) is 4.79 Å². The number of hydrogen-bond donors (Lipinski definition) is 2. The lowest BCUT2D eigenvalue weighted by atomic mass is 10.2. The summed E-state index contributed by atoms with van der Waals surface area (Å²) in [5.74, 6) is -1.54. The second kappa shape index (κ2) is 5.50. The van der Waals surface area contributed by atoms with Gasteiger partial charge in [0.2, 0.25) is 0 Å². The average molecular weight is 215 g/mol. The molecule has 0 aromatic rings. The van der Waals surface area contributed by atoms with E-state index in [2.05, 4.69) is 0 Å². The Morgan fingerprint density at radius 2 is 2.00 bits per heavy atom. The normalized spacial score (nSPS) is 13.9. The van der Waals surface area contributed by atoms with Crippen LogP contribution in [0.5, 0.6) is 0 Å². The number of carbonyl (C=O) groups excluding carboxylic acids is 1. The lowest BCUT2D eigenvalue weighted by Gasteiger charge is -2.20. The highest BCUT2D eigenvalue weighted by Gasteiger charge is 2.20. The van der Waals surface area contributed by atoms with Gasteiger partial charge in [-0.2, -0.15) is 0 Å². The fraction of sp³-hybridized carbons (Fsp3) is 0.600. The SMILES string of the molecule is CC(C)(C)OC(=O)C(N)/C=C\CC(=O)O. The van der Waals surface area contributed by atoms with Gasteiger partial charge in [-0.15, -0.1) is 0 Å². The van der Waals surface area contributed by atoms with Gasteiger partial charge in [0.05, 0.1) is 6.42 Å². The third-order valence-electron chi connectivity index (χ3n) is 1.31. The maximum absolute atomic E-state index is 11.3. The van der Waals surface area contributed by atoms with E-state index in [9.17, 15) is 9.59 Å². The summed E-state index contributed by atoms with van der Waals surface area (Å²) in [5, 5.41) is 8.34. The number of carbonyl (C=O) groups is 2. The first-order valence-corrected chi connectivity index (χ1v) is 4.59. The van der Waals surface area contributed by atoms with Gasteiger partial charge in [0.15, 0.2) is 0 Å². The van der Waals surface area contributed by atoms with E-state index in [1.807, 2.05) is 0 Å². The van der Waals surface area contributed by atoms with Crippen molar-refractivity contribution in [2.75, 3.05) is 0 Å². The molecule has 0 bridgehead atoms. The first-order valence-electron chi connectivity index (χ1n) is 4.59. The van der Waals surface area contributed by atoms with E-state index >= 15 is 0 Å². The van der Waals surface area contributed by atoms with E-state index in [4.69, 9.17) is 15.6 Å². The molecule has 0 aliphatic carbocycles. The Morgan fingerprint density at radius 3 is 2.40 bits per heavy atom. The summed E-state index contributed by atoms with van der Waals surface area (Å²) in [6.45, 7) is 5.20. The molecule has 15 heavy (non-hydrogen) atoms. The maximum Gasteiger partial charge on any atom is 0.327 e. The van der Waals surface area contributed by atoms with Crippen LogP contribution in [0.25, 0.3) is 0 Å². The average Bonchev–Trinajstić information content (AvgIpc) is 1.99. The van der Waals surface area contributed by atoms with Gasteiger partial charge in [0, 0.05) is 0 Å². The standard InChI is InChI=1S/C10H17NO4/c1-10(2,3)15-9(14)7(11)5-4-6-8(12)13/h4-5,7H,6,11H2,1-3H3,(H,12,13)/b5-4-. The highest BCUT2D eigenvalue weighted by atomic mass is 16.6. The fourth-order valence-electron chi connectivity index (χ4n) is 0.764. The minimum Gasteiger partial charge on any atom is -0.481 e. The fourth-order valence-corrected chi connectivity index (χ4v) is 0.764. The van der Waals surface area contributed by atoms with Crippen LogP contribution in [-0.4, -0.2) is 28.7 Å². The second-order valence-corrected chi connectivity index (χ2v) is 4.09. The molecule has 0 fully saturated rings. The lowest BCUT2D eigenvalue weighted by molar-refractivity contribution is -0.155. The van der Waals surface area contributed by atoms with Crippen LogP contribution in [0, 0.1) is 0 Å². The van der Waals surface area contributed by atoms with Crippen molar-refractivity contribution in [2.24, 2.45) is 5.73 Å². The van der Waals surface area contributed by atoms with Crippen LogP contribution in [0.3, 0.4) is 0 Å². The summed E-state index contributed by atoms with van der Waals surface area (Å²) in [7, 11) is 0. The summed E-state index contributed by atoms with van der Waals surface area (Å²) >= 11 is 0. The van der Waals surface area contributed by atoms with Crippen molar-refractivity contribution < 1.29 is 19.4 Å². The van der Waals surface area contributed by atoms with Gasteiger partial charge in [-0.1, -0.05) is 12.2 Å². The first kappa shape index (κ1) is 13.6. The van der Waals surface area contributed by atoms with Crippen molar-refractivity contribution in [1.29, 1.82) is 0 Å². The third kappa shape index (κ3) is 7.69. The minimum absolute atomic E-state index is 0.156. The highest BCUT2D eigenvalue weighted by Crippen LogP contribution is 2.08. The molecule has 0 spiro atoms. The molecule has 1 unspecified atom stereocenters. The van der Waals surface area contributed by atoms with Crippen molar-refractivity contribution in [1.82, 2.24) is 0 Å². The number of hydrogen-bond acceptors (Lipinski definition) is 4. The number of nitrogens with two attached hydrogens (primary N) is 1. The molecule has 5 heteroatoms. The zero-order valence-corrected chi connectivity index (χ0v) is 9.19. The van der Waals surface area contributed by atoms with Crippen LogP contribution in [0.4, 0.5) is 0 Å². The third-order valence-corrected chi connectivity index (χ3v) is 1.31. The zero-order chi connectivity index (χ0) is 12.1. The van der Waals surface area contributed by atoms with E-state index in [0.717, 1.165) is 0 Å².